The fourth-order valence-electron chi connectivity index (χ4n) is 3.65. The van der Waals surface area contributed by atoms with Crippen LogP contribution in [-0.2, 0) is 4.74 Å². The van der Waals surface area contributed by atoms with E-state index in [1.54, 1.807) is 25.2 Å². The number of benzene rings is 1. The van der Waals surface area contributed by atoms with Crippen LogP contribution in [0.3, 0.4) is 0 Å². The number of methoxy groups -OCH3 is 2. The lowest BCUT2D eigenvalue weighted by Gasteiger charge is -2.28. The van der Waals surface area contributed by atoms with Crippen LogP contribution in [0, 0.1) is 0 Å². The molecular weight excluding hydrogens is 396 g/mol. The minimum atomic E-state index is 0.516. The fourth-order valence-corrected chi connectivity index (χ4v) is 3.65. The van der Waals surface area contributed by atoms with Crippen molar-refractivity contribution in [3.8, 4) is 17.2 Å². The molecule has 162 valence electrons. The number of rotatable bonds is 7. The molecule has 1 N–H and O–H groups in total. The first-order valence-corrected chi connectivity index (χ1v) is 10.5. The Bertz CT molecular complexity index is 1040. The third-order valence-corrected chi connectivity index (χ3v) is 5.51. The Morgan fingerprint density at radius 3 is 2.42 bits per heavy atom. The molecule has 3 aromatic rings. The number of morpholine rings is 1. The quantitative estimate of drug-likeness (QED) is 0.622. The summed E-state index contributed by atoms with van der Waals surface area (Å²) in [5.41, 5.74) is 2.88. The number of nitrogens with one attached hydrogen (secondary N) is 1. The largest absolute Gasteiger partial charge is 0.497 e. The Labute approximate surface area is 181 Å². The van der Waals surface area contributed by atoms with Crippen molar-refractivity contribution in [2.24, 2.45) is 0 Å². The number of ether oxygens (including phenoxy) is 3. The molecule has 1 saturated carbocycles. The van der Waals surface area contributed by atoms with Crippen LogP contribution in [-0.4, -0.2) is 60.3 Å². The maximum Gasteiger partial charge on any atom is 0.246 e. The van der Waals surface area contributed by atoms with Gasteiger partial charge in [-0.1, -0.05) is 0 Å². The molecule has 1 aliphatic heterocycles. The van der Waals surface area contributed by atoms with E-state index < -0.39 is 0 Å². The first-order chi connectivity index (χ1) is 15.2. The molecule has 9 heteroatoms. The molecule has 0 unspecified atom stereocenters. The smallest absolute Gasteiger partial charge is 0.246 e. The van der Waals surface area contributed by atoms with Gasteiger partial charge in [-0.2, -0.15) is 4.98 Å². The normalized spacial score (nSPS) is 16.3. The summed E-state index contributed by atoms with van der Waals surface area (Å²) in [7, 11) is 3.25. The van der Waals surface area contributed by atoms with Crippen molar-refractivity contribution in [2.45, 2.75) is 18.8 Å². The topological polar surface area (TPSA) is 86.6 Å². The highest BCUT2D eigenvalue weighted by Gasteiger charge is 2.27. The molecule has 0 atom stereocenters. The predicted octanol–water partition coefficient (Wildman–Crippen LogP) is 3.14. The molecule has 2 aromatic heterocycles. The van der Waals surface area contributed by atoms with Gasteiger partial charge in [0.25, 0.3) is 0 Å². The summed E-state index contributed by atoms with van der Waals surface area (Å²) in [5.74, 6) is 3.43. The van der Waals surface area contributed by atoms with Gasteiger partial charge in [0.1, 0.15) is 23.6 Å². The van der Waals surface area contributed by atoms with Gasteiger partial charge in [0.2, 0.25) is 5.95 Å². The summed E-state index contributed by atoms with van der Waals surface area (Å²) in [5, 5.41) is 7.94. The number of pyridine rings is 1. The highest BCUT2D eigenvalue weighted by Crippen LogP contribution is 2.41. The molecule has 1 aromatic carbocycles. The number of hydrogen-bond acceptors (Lipinski definition) is 8. The van der Waals surface area contributed by atoms with E-state index in [9.17, 15) is 0 Å². The van der Waals surface area contributed by atoms with Crippen LogP contribution >= 0.6 is 0 Å². The van der Waals surface area contributed by atoms with Crippen LogP contribution < -0.4 is 19.7 Å². The zero-order chi connectivity index (χ0) is 21.2. The van der Waals surface area contributed by atoms with E-state index in [2.05, 4.69) is 32.4 Å². The highest BCUT2D eigenvalue weighted by atomic mass is 16.5. The molecular formula is C22H26N6O3. The van der Waals surface area contributed by atoms with Gasteiger partial charge in [0.05, 0.1) is 33.1 Å². The third kappa shape index (κ3) is 4.41. The summed E-state index contributed by atoms with van der Waals surface area (Å²) in [6, 6.07) is 9.76. The Hall–Kier alpha value is -3.33. The van der Waals surface area contributed by atoms with E-state index in [1.807, 2.05) is 18.2 Å². The van der Waals surface area contributed by atoms with Crippen molar-refractivity contribution in [1.29, 1.82) is 0 Å². The van der Waals surface area contributed by atoms with Gasteiger partial charge in [-0.3, -0.25) is 0 Å². The van der Waals surface area contributed by atoms with Gasteiger partial charge >= 0.3 is 0 Å². The van der Waals surface area contributed by atoms with Crippen molar-refractivity contribution in [1.82, 2.24) is 19.7 Å². The molecule has 0 radical (unpaired) electrons. The summed E-state index contributed by atoms with van der Waals surface area (Å²) < 4.78 is 17.9. The van der Waals surface area contributed by atoms with Crippen LogP contribution in [0.5, 0.6) is 11.5 Å². The Morgan fingerprint density at radius 2 is 1.74 bits per heavy atom. The minimum absolute atomic E-state index is 0.516. The monoisotopic (exact) mass is 422 g/mol. The average Bonchev–Trinajstić information content (AvgIpc) is 3.58. The van der Waals surface area contributed by atoms with Crippen LogP contribution in [0.2, 0.25) is 0 Å². The lowest BCUT2D eigenvalue weighted by Crippen LogP contribution is -2.36. The van der Waals surface area contributed by atoms with Crippen molar-refractivity contribution < 1.29 is 14.2 Å². The molecule has 9 nitrogen and oxygen atoms in total. The molecule has 31 heavy (non-hydrogen) atoms. The third-order valence-electron chi connectivity index (χ3n) is 5.51. The van der Waals surface area contributed by atoms with Gasteiger partial charge < -0.3 is 24.4 Å². The van der Waals surface area contributed by atoms with E-state index in [1.165, 1.54) is 12.8 Å². The summed E-state index contributed by atoms with van der Waals surface area (Å²) >= 11 is 0. The van der Waals surface area contributed by atoms with Gasteiger partial charge in [-0.05, 0) is 18.9 Å². The molecule has 3 heterocycles. The van der Waals surface area contributed by atoms with E-state index in [4.69, 9.17) is 19.2 Å². The van der Waals surface area contributed by atoms with Crippen molar-refractivity contribution in [3.05, 3.63) is 42.4 Å². The lowest BCUT2D eigenvalue weighted by molar-refractivity contribution is 0.122. The maximum absolute atomic E-state index is 5.49. The zero-order valence-electron chi connectivity index (χ0n) is 17.7. The molecule has 0 amide bonds. The van der Waals surface area contributed by atoms with E-state index in [0.29, 0.717) is 23.4 Å². The number of anilines is 3. The maximum atomic E-state index is 5.49. The highest BCUT2D eigenvalue weighted by molar-refractivity contribution is 5.61. The van der Waals surface area contributed by atoms with Crippen LogP contribution in [0.25, 0.3) is 5.69 Å². The SMILES string of the molecule is COc1cc(OC)cc(-n2cnc(Nc3cc(C4CC4)nc(N4CCOCC4)c3)n2)c1. The number of hydrogen-bond donors (Lipinski definition) is 1. The van der Waals surface area contributed by atoms with E-state index in [0.717, 1.165) is 49.2 Å². The fraction of sp³-hybridized carbons (Fsp3) is 0.409. The molecule has 2 fully saturated rings. The lowest BCUT2D eigenvalue weighted by atomic mass is 10.2. The molecule has 1 aliphatic carbocycles. The Balaban J connectivity index is 1.40. The summed E-state index contributed by atoms with van der Waals surface area (Å²) in [6.07, 6.45) is 4.07. The Kier molecular flexibility index (Phi) is 5.33. The van der Waals surface area contributed by atoms with Gasteiger partial charge in [0, 0.05) is 54.7 Å². The van der Waals surface area contributed by atoms with Crippen molar-refractivity contribution in [2.75, 3.05) is 50.7 Å². The van der Waals surface area contributed by atoms with Crippen LogP contribution in [0.15, 0.2) is 36.7 Å². The second-order valence-electron chi connectivity index (χ2n) is 7.72. The first kappa shape index (κ1) is 19.6. The molecule has 5 rings (SSSR count). The molecule has 1 saturated heterocycles. The molecule has 2 aliphatic rings. The average molecular weight is 422 g/mol. The number of aromatic nitrogens is 4. The van der Waals surface area contributed by atoms with E-state index in [-0.39, 0.29) is 0 Å². The van der Waals surface area contributed by atoms with Gasteiger partial charge in [-0.15, -0.1) is 5.10 Å². The predicted molar refractivity (Wildman–Crippen MR) is 117 cm³/mol. The first-order valence-electron chi connectivity index (χ1n) is 10.5. The van der Waals surface area contributed by atoms with Gasteiger partial charge in [0.15, 0.2) is 0 Å². The summed E-state index contributed by atoms with van der Waals surface area (Å²) in [6.45, 7) is 3.17. The Morgan fingerprint density at radius 1 is 1.00 bits per heavy atom. The number of nitrogens with zero attached hydrogens (tertiary/aromatic N) is 5. The van der Waals surface area contributed by atoms with E-state index >= 15 is 0 Å². The molecule has 0 bridgehead atoms. The summed E-state index contributed by atoms with van der Waals surface area (Å²) in [4.78, 5) is 11.6. The standard InChI is InChI=1S/C22H26N6O3/c1-29-18-11-17(12-19(13-18)30-2)28-14-23-22(26-28)24-16-9-20(15-3-4-15)25-21(10-16)27-5-7-31-8-6-27/h9-15H,3-8H2,1-2H3,(H,24,25,26). The van der Waals surface area contributed by atoms with Crippen LogP contribution in [0.4, 0.5) is 17.5 Å². The minimum Gasteiger partial charge on any atom is -0.497 e. The van der Waals surface area contributed by atoms with Crippen molar-refractivity contribution in [3.63, 3.8) is 0 Å². The zero-order valence-corrected chi connectivity index (χ0v) is 17.7. The second kappa shape index (κ2) is 8.43. The van der Waals surface area contributed by atoms with Gasteiger partial charge in [-0.25, -0.2) is 9.67 Å². The second-order valence-corrected chi connectivity index (χ2v) is 7.72. The van der Waals surface area contributed by atoms with Crippen LogP contribution in [0.1, 0.15) is 24.5 Å². The van der Waals surface area contributed by atoms with Crippen molar-refractivity contribution >= 4 is 17.5 Å². The molecule has 0 spiro atoms.